The number of amides is 1. The molecule has 0 aliphatic carbocycles. The topological polar surface area (TPSA) is 55.6 Å². The molecule has 0 spiro atoms. The maximum atomic E-state index is 11.3. The van der Waals surface area contributed by atoms with Crippen LogP contribution in [-0.2, 0) is 16.1 Å². The molecule has 4 nitrogen and oxygen atoms in total. The minimum absolute atomic E-state index is 0.297. The Balaban J connectivity index is 2.03. The van der Waals surface area contributed by atoms with E-state index in [1.807, 2.05) is 6.07 Å². The van der Waals surface area contributed by atoms with Crippen LogP contribution in [0.3, 0.4) is 0 Å². The van der Waals surface area contributed by atoms with Crippen molar-refractivity contribution in [3.8, 4) is 0 Å². The molecule has 1 aromatic rings. The van der Waals surface area contributed by atoms with Gasteiger partial charge in [0.15, 0.2) is 0 Å². The van der Waals surface area contributed by atoms with E-state index in [0.717, 1.165) is 16.9 Å². The number of ether oxygens (including phenoxy) is 1. The van der Waals surface area contributed by atoms with Crippen molar-refractivity contribution in [3.05, 3.63) is 20.8 Å². The van der Waals surface area contributed by atoms with Gasteiger partial charge >= 0.3 is 0 Å². The highest BCUT2D eigenvalue weighted by atomic mass is 79.9. The molecule has 1 atom stereocenters. The summed E-state index contributed by atoms with van der Waals surface area (Å²) in [5.74, 6) is -0.310. The number of nitrogens with two attached hydrogens (primary N) is 1. The molecule has 16 heavy (non-hydrogen) atoms. The quantitative estimate of drug-likeness (QED) is 0.913. The Morgan fingerprint density at radius 2 is 2.50 bits per heavy atom. The molecule has 1 aliphatic heterocycles. The lowest BCUT2D eigenvalue weighted by Crippen LogP contribution is -2.51. The highest BCUT2D eigenvalue weighted by Gasteiger charge is 2.27. The van der Waals surface area contributed by atoms with Gasteiger partial charge in [0, 0.05) is 18.0 Å². The summed E-state index contributed by atoms with van der Waals surface area (Å²) in [5.41, 5.74) is 5.35. The molecule has 0 bridgehead atoms. The fraction of sp³-hybridized carbons (Fsp3) is 0.500. The van der Waals surface area contributed by atoms with Crippen LogP contribution in [0.5, 0.6) is 0 Å². The number of morpholine rings is 1. The third-order valence-electron chi connectivity index (χ3n) is 2.56. The van der Waals surface area contributed by atoms with Crippen molar-refractivity contribution in [1.29, 1.82) is 0 Å². The minimum atomic E-state index is -0.310. The largest absolute Gasteiger partial charge is 0.378 e. The molecule has 0 radical (unpaired) electrons. The van der Waals surface area contributed by atoms with Crippen LogP contribution in [0.2, 0.25) is 0 Å². The van der Waals surface area contributed by atoms with Crippen LogP contribution < -0.4 is 5.73 Å². The van der Waals surface area contributed by atoms with E-state index in [0.29, 0.717) is 13.2 Å². The van der Waals surface area contributed by atoms with Gasteiger partial charge in [-0.15, -0.1) is 11.3 Å². The van der Waals surface area contributed by atoms with E-state index in [-0.39, 0.29) is 11.9 Å². The highest BCUT2D eigenvalue weighted by molar-refractivity contribution is 9.11. The zero-order valence-corrected chi connectivity index (χ0v) is 11.1. The van der Waals surface area contributed by atoms with Crippen LogP contribution in [0.1, 0.15) is 4.88 Å². The van der Waals surface area contributed by atoms with E-state index in [4.69, 9.17) is 10.5 Å². The molecule has 1 aliphatic rings. The summed E-state index contributed by atoms with van der Waals surface area (Å²) in [5, 5.41) is 0. The second kappa shape index (κ2) is 5.27. The number of rotatable bonds is 3. The molecule has 1 aromatic heterocycles. The average molecular weight is 305 g/mol. The first-order chi connectivity index (χ1) is 7.66. The molecule has 6 heteroatoms. The van der Waals surface area contributed by atoms with Crippen LogP contribution in [0.25, 0.3) is 0 Å². The van der Waals surface area contributed by atoms with Gasteiger partial charge in [0.1, 0.15) is 6.04 Å². The highest BCUT2D eigenvalue weighted by Crippen LogP contribution is 2.24. The molecule has 2 heterocycles. The predicted octanol–water partition coefficient (Wildman–Crippen LogP) is 1.20. The van der Waals surface area contributed by atoms with Gasteiger partial charge in [0.05, 0.1) is 17.0 Å². The van der Waals surface area contributed by atoms with E-state index in [1.165, 1.54) is 4.88 Å². The van der Waals surface area contributed by atoms with Crippen molar-refractivity contribution in [2.24, 2.45) is 5.73 Å². The zero-order chi connectivity index (χ0) is 11.5. The van der Waals surface area contributed by atoms with E-state index >= 15 is 0 Å². The molecule has 0 aromatic carbocycles. The maximum Gasteiger partial charge on any atom is 0.237 e. The first kappa shape index (κ1) is 12.0. The lowest BCUT2D eigenvalue weighted by molar-refractivity contribution is -0.129. The number of primary amides is 1. The van der Waals surface area contributed by atoms with Crippen molar-refractivity contribution in [2.45, 2.75) is 12.6 Å². The monoisotopic (exact) mass is 304 g/mol. The number of hydrogen-bond donors (Lipinski definition) is 1. The van der Waals surface area contributed by atoms with Gasteiger partial charge in [-0.3, -0.25) is 9.69 Å². The van der Waals surface area contributed by atoms with Gasteiger partial charge in [-0.05, 0) is 28.1 Å². The summed E-state index contributed by atoms with van der Waals surface area (Å²) in [6.45, 7) is 2.58. The molecule has 1 unspecified atom stereocenters. The van der Waals surface area contributed by atoms with Gasteiger partial charge < -0.3 is 10.5 Å². The fourth-order valence-electron chi connectivity index (χ4n) is 1.73. The maximum absolute atomic E-state index is 11.3. The molecule has 1 fully saturated rings. The van der Waals surface area contributed by atoms with Gasteiger partial charge in [-0.25, -0.2) is 0 Å². The zero-order valence-electron chi connectivity index (χ0n) is 8.69. The van der Waals surface area contributed by atoms with Gasteiger partial charge in [0.25, 0.3) is 0 Å². The van der Waals surface area contributed by atoms with Crippen molar-refractivity contribution < 1.29 is 9.53 Å². The number of nitrogens with zero attached hydrogens (tertiary/aromatic N) is 1. The first-order valence-electron chi connectivity index (χ1n) is 5.02. The first-order valence-corrected chi connectivity index (χ1v) is 6.63. The third kappa shape index (κ3) is 2.82. The van der Waals surface area contributed by atoms with Crippen LogP contribution in [0.15, 0.2) is 15.9 Å². The second-order valence-corrected chi connectivity index (χ2v) is 6.22. The van der Waals surface area contributed by atoms with Crippen molar-refractivity contribution >= 4 is 33.2 Å². The predicted molar refractivity (Wildman–Crippen MR) is 66.2 cm³/mol. The lowest BCUT2D eigenvalue weighted by Gasteiger charge is -2.32. The third-order valence-corrected chi connectivity index (χ3v) is 4.16. The number of halogens is 1. The summed E-state index contributed by atoms with van der Waals surface area (Å²) < 4.78 is 6.37. The Morgan fingerprint density at radius 3 is 3.12 bits per heavy atom. The molecule has 0 saturated carbocycles. The Labute approximate surface area is 106 Å². The summed E-state index contributed by atoms with van der Waals surface area (Å²) in [7, 11) is 0. The Hall–Kier alpha value is -0.430. The number of carbonyl (C=O) groups is 1. The molecule has 2 rings (SSSR count). The molecular weight excluding hydrogens is 292 g/mol. The lowest BCUT2D eigenvalue weighted by atomic mass is 10.2. The van der Waals surface area contributed by atoms with Crippen molar-refractivity contribution in [3.63, 3.8) is 0 Å². The normalized spacial score (nSPS) is 22.2. The molecule has 2 N–H and O–H groups in total. The van der Waals surface area contributed by atoms with Crippen molar-refractivity contribution in [2.75, 3.05) is 19.8 Å². The number of thiophene rings is 1. The Bertz CT molecular complexity index is 383. The van der Waals surface area contributed by atoms with E-state index in [1.54, 1.807) is 11.3 Å². The van der Waals surface area contributed by atoms with E-state index in [2.05, 4.69) is 26.9 Å². The molecule has 1 saturated heterocycles. The average Bonchev–Trinajstić information content (AvgIpc) is 2.64. The molecule has 1 amide bonds. The summed E-state index contributed by atoms with van der Waals surface area (Å²) >= 11 is 5.10. The van der Waals surface area contributed by atoms with Gasteiger partial charge in [-0.1, -0.05) is 0 Å². The summed E-state index contributed by atoms with van der Waals surface area (Å²) in [4.78, 5) is 14.6. The van der Waals surface area contributed by atoms with Gasteiger partial charge in [0.2, 0.25) is 5.91 Å². The van der Waals surface area contributed by atoms with Crippen LogP contribution in [-0.4, -0.2) is 36.6 Å². The number of carbonyl (C=O) groups excluding carboxylic acids is 1. The summed E-state index contributed by atoms with van der Waals surface area (Å²) in [6, 6.07) is 3.77. The molecule has 88 valence electrons. The fourth-order valence-corrected chi connectivity index (χ4v) is 3.24. The van der Waals surface area contributed by atoms with Crippen LogP contribution >= 0.6 is 27.3 Å². The summed E-state index contributed by atoms with van der Waals surface area (Å²) in [6.07, 6.45) is 0. The standard InChI is InChI=1S/C10H13BrN2O2S/c11-9-2-1-7(16-9)5-13-3-4-15-6-8(13)10(12)14/h1-2,8H,3-6H2,(H2,12,14). The van der Waals surface area contributed by atoms with Gasteiger partial charge in [-0.2, -0.15) is 0 Å². The second-order valence-electron chi connectivity index (χ2n) is 3.67. The smallest absolute Gasteiger partial charge is 0.237 e. The van der Waals surface area contributed by atoms with Crippen molar-refractivity contribution in [1.82, 2.24) is 4.90 Å². The number of hydrogen-bond acceptors (Lipinski definition) is 4. The SMILES string of the molecule is NC(=O)C1COCCN1Cc1ccc(Br)s1. The van der Waals surface area contributed by atoms with Crippen LogP contribution in [0.4, 0.5) is 0 Å². The van der Waals surface area contributed by atoms with E-state index in [9.17, 15) is 4.79 Å². The van der Waals surface area contributed by atoms with E-state index < -0.39 is 0 Å². The van der Waals surface area contributed by atoms with Crippen LogP contribution in [0, 0.1) is 0 Å². The Morgan fingerprint density at radius 1 is 1.69 bits per heavy atom. The Kier molecular flexibility index (Phi) is 3.96. The minimum Gasteiger partial charge on any atom is -0.378 e. The molecular formula is C10H13BrN2O2S.